The molecule has 22 heavy (non-hydrogen) atoms. The Morgan fingerprint density at radius 2 is 2.32 bits per heavy atom. The average Bonchev–Trinajstić information content (AvgIpc) is 2.52. The number of rotatable bonds is 6. The number of nitro groups is 1. The minimum atomic E-state index is -0.450. The first-order chi connectivity index (χ1) is 10.5. The fourth-order valence-corrected chi connectivity index (χ4v) is 2.90. The Morgan fingerprint density at radius 1 is 1.55 bits per heavy atom. The SMILES string of the molecule is COc1cc(N2CCC[C@@H](CCC(N)=O)C2)ccc1[N+](=O)[O-]. The molecule has 1 atom stereocenters. The van der Waals surface area contributed by atoms with Gasteiger partial charge in [-0.3, -0.25) is 14.9 Å². The smallest absolute Gasteiger partial charge is 0.311 e. The molecule has 0 radical (unpaired) electrons. The fourth-order valence-electron chi connectivity index (χ4n) is 2.90. The Kier molecular flexibility index (Phi) is 5.19. The molecule has 1 aromatic carbocycles. The number of primary amides is 1. The van der Waals surface area contributed by atoms with E-state index < -0.39 is 4.92 Å². The van der Waals surface area contributed by atoms with Crippen LogP contribution >= 0.6 is 0 Å². The number of methoxy groups -OCH3 is 1. The van der Waals surface area contributed by atoms with E-state index in [1.807, 2.05) is 0 Å². The molecule has 7 nitrogen and oxygen atoms in total. The summed E-state index contributed by atoms with van der Waals surface area (Å²) in [5.74, 6) is 0.415. The highest BCUT2D eigenvalue weighted by molar-refractivity contribution is 5.73. The summed E-state index contributed by atoms with van der Waals surface area (Å²) < 4.78 is 5.11. The van der Waals surface area contributed by atoms with Crippen LogP contribution in [0.3, 0.4) is 0 Å². The van der Waals surface area contributed by atoms with E-state index in [-0.39, 0.29) is 17.3 Å². The van der Waals surface area contributed by atoms with E-state index in [2.05, 4.69) is 4.90 Å². The maximum absolute atomic E-state index is 10.9. The van der Waals surface area contributed by atoms with E-state index in [9.17, 15) is 14.9 Å². The number of amides is 1. The summed E-state index contributed by atoms with van der Waals surface area (Å²) in [5.41, 5.74) is 6.08. The third kappa shape index (κ3) is 3.87. The minimum Gasteiger partial charge on any atom is -0.490 e. The number of piperidine rings is 1. The molecular weight excluding hydrogens is 286 g/mol. The Balaban J connectivity index is 2.10. The first-order valence-electron chi connectivity index (χ1n) is 7.37. The second-order valence-electron chi connectivity index (χ2n) is 5.57. The van der Waals surface area contributed by atoms with Crippen LogP contribution in [0.15, 0.2) is 18.2 Å². The van der Waals surface area contributed by atoms with Gasteiger partial charge in [0.05, 0.1) is 12.0 Å². The Bertz CT molecular complexity index is 562. The molecule has 0 aliphatic carbocycles. The zero-order chi connectivity index (χ0) is 16.1. The van der Waals surface area contributed by atoms with Gasteiger partial charge in [0.1, 0.15) is 0 Å². The van der Waals surface area contributed by atoms with Crippen molar-refractivity contribution in [2.45, 2.75) is 25.7 Å². The molecule has 0 saturated carbocycles. The molecule has 1 amide bonds. The number of carbonyl (C=O) groups is 1. The van der Waals surface area contributed by atoms with Gasteiger partial charge in [-0.2, -0.15) is 0 Å². The average molecular weight is 307 g/mol. The number of carbonyl (C=O) groups excluding carboxylic acids is 1. The molecule has 120 valence electrons. The number of nitrogens with zero attached hydrogens (tertiary/aromatic N) is 2. The number of hydrogen-bond acceptors (Lipinski definition) is 5. The van der Waals surface area contributed by atoms with Crippen molar-refractivity contribution in [2.75, 3.05) is 25.1 Å². The maximum atomic E-state index is 10.9. The van der Waals surface area contributed by atoms with Gasteiger partial charge in [-0.25, -0.2) is 0 Å². The van der Waals surface area contributed by atoms with Crippen LogP contribution in [-0.2, 0) is 4.79 Å². The van der Waals surface area contributed by atoms with Crippen molar-refractivity contribution in [1.82, 2.24) is 0 Å². The second-order valence-corrected chi connectivity index (χ2v) is 5.57. The Labute approximate surface area is 129 Å². The number of anilines is 1. The molecule has 0 bridgehead atoms. The van der Waals surface area contributed by atoms with E-state index in [1.54, 1.807) is 12.1 Å². The molecule has 2 N–H and O–H groups in total. The third-order valence-corrected chi connectivity index (χ3v) is 4.04. The van der Waals surface area contributed by atoms with E-state index in [0.717, 1.165) is 38.0 Å². The molecule has 1 aromatic rings. The van der Waals surface area contributed by atoms with Crippen LogP contribution < -0.4 is 15.4 Å². The predicted octanol–water partition coefficient (Wildman–Crippen LogP) is 2.09. The number of benzene rings is 1. The predicted molar refractivity (Wildman–Crippen MR) is 83.0 cm³/mol. The van der Waals surface area contributed by atoms with Gasteiger partial charge in [0.2, 0.25) is 5.91 Å². The first kappa shape index (κ1) is 16.1. The minimum absolute atomic E-state index is 0.0338. The van der Waals surface area contributed by atoms with Crippen molar-refractivity contribution >= 4 is 17.3 Å². The summed E-state index contributed by atoms with van der Waals surface area (Å²) in [6.07, 6.45) is 3.30. The maximum Gasteiger partial charge on any atom is 0.311 e. The molecule has 1 fully saturated rings. The number of hydrogen-bond donors (Lipinski definition) is 1. The monoisotopic (exact) mass is 307 g/mol. The van der Waals surface area contributed by atoms with Gasteiger partial charge < -0.3 is 15.4 Å². The number of ether oxygens (including phenoxy) is 1. The van der Waals surface area contributed by atoms with Crippen molar-refractivity contribution in [3.63, 3.8) is 0 Å². The first-order valence-corrected chi connectivity index (χ1v) is 7.37. The highest BCUT2D eigenvalue weighted by Gasteiger charge is 2.23. The zero-order valence-corrected chi connectivity index (χ0v) is 12.7. The molecule has 1 aliphatic rings. The van der Waals surface area contributed by atoms with Gasteiger partial charge >= 0.3 is 5.69 Å². The van der Waals surface area contributed by atoms with E-state index in [0.29, 0.717) is 12.3 Å². The zero-order valence-electron chi connectivity index (χ0n) is 12.7. The van der Waals surface area contributed by atoms with Gasteiger partial charge in [-0.05, 0) is 31.2 Å². The lowest BCUT2D eigenvalue weighted by Gasteiger charge is -2.34. The van der Waals surface area contributed by atoms with E-state index in [1.165, 1.54) is 13.2 Å². The summed E-state index contributed by atoms with van der Waals surface area (Å²) in [6, 6.07) is 4.92. The van der Waals surface area contributed by atoms with Crippen LogP contribution in [0.25, 0.3) is 0 Å². The van der Waals surface area contributed by atoms with Crippen molar-refractivity contribution in [1.29, 1.82) is 0 Å². The normalized spacial score (nSPS) is 18.0. The third-order valence-electron chi connectivity index (χ3n) is 4.04. The van der Waals surface area contributed by atoms with Gasteiger partial charge in [0.25, 0.3) is 0 Å². The molecule has 1 heterocycles. The molecule has 7 heteroatoms. The lowest BCUT2D eigenvalue weighted by atomic mass is 9.93. The van der Waals surface area contributed by atoms with Crippen LogP contribution in [0.5, 0.6) is 5.75 Å². The molecular formula is C15H21N3O4. The topological polar surface area (TPSA) is 98.7 Å². The van der Waals surface area contributed by atoms with Gasteiger partial charge in [-0.15, -0.1) is 0 Å². The van der Waals surface area contributed by atoms with Crippen LogP contribution in [0.2, 0.25) is 0 Å². The number of nitro benzene ring substituents is 1. The molecule has 1 saturated heterocycles. The van der Waals surface area contributed by atoms with Crippen LogP contribution in [0.4, 0.5) is 11.4 Å². The van der Waals surface area contributed by atoms with Crippen LogP contribution in [-0.4, -0.2) is 31.0 Å². The molecule has 2 rings (SSSR count). The van der Waals surface area contributed by atoms with Crippen molar-refractivity contribution in [3.8, 4) is 5.75 Å². The highest BCUT2D eigenvalue weighted by atomic mass is 16.6. The summed E-state index contributed by atoms with van der Waals surface area (Å²) in [6.45, 7) is 1.72. The standard InChI is InChI=1S/C15H21N3O4/c1-22-14-9-12(5-6-13(14)18(20)21)17-8-2-3-11(10-17)4-7-15(16)19/h5-6,9,11H,2-4,7-8,10H2,1H3,(H2,16,19)/t11-/m0/s1. The van der Waals surface area contributed by atoms with Crippen molar-refractivity contribution in [2.24, 2.45) is 11.7 Å². The summed E-state index contributed by atoms with van der Waals surface area (Å²) in [5, 5.41) is 10.9. The van der Waals surface area contributed by atoms with Gasteiger partial charge in [-0.1, -0.05) is 0 Å². The summed E-state index contributed by atoms with van der Waals surface area (Å²) >= 11 is 0. The molecule has 0 spiro atoms. The van der Waals surface area contributed by atoms with Crippen LogP contribution in [0, 0.1) is 16.0 Å². The lowest BCUT2D eigenvalue weighted by Crippen LogP contribution is -2.35. The fraction of sp³-hybridized carbons (Fsp3) is 0.533. The lowest BCUT2D eigenvalue weighted by molar-refractivity contribution is -0.385. The molecule has 0 aromatic heterocycles. The van der Waals surface area contributed by atoms with E-state index in [4.69, 9.17) is 10.5 Å². The van der Waals surface area contributed by atoms with Crippen LogP contribution in [0.1, 0.15) is 25.7 Å². The number of nitrogens with two attached hydrogens (primary N) is 1. The quantitative estimate of drug-likeness (QED) is 0.641. The largest absolute Gasteiger partial charge is 0.490 e. The summed E-state index contributed by atoms with van der Waals surface area (Å²) in [4.78, 5) is 23.6. The highest BCUT2D eigenvalue weighted by Crippen LogP contribution is 2.33. The Hall–Kier alpha value is -2.31. The van der Waals surface area contributed by atoms with Gasteiger partial charge in [0.15, 0.2) is 5.75 Å². The second kappa shape index (κ2) is 7.11. The molecule has 0 unspecified atom stereocenters. The summed E-state index contributed by atoms with van der Waals surface area (Å²) in [7, 11) is 1.43. The molecule has 1 aliphatic heterocycles. The van der Waals surface area contributed by atoms with Gasteiger partial charge in [0, 0.05) is 37.3 Å². The van der Waals surface area contributed by atoms with Crippen molar-refractivity contribution in [3.05, 3.63) is 28.3 Å². The van der Waals surface area contributed by atoms with E-state index >= 15 is 0 Å². The Morgan fingerprint density at radius 3 is 2.95 bits per heavy atom. The van der Waals surface area contributed by atoms with Crippen molar-refractivity contribution < 1.29 is 14.5 Å².